The van der Waals surface area contributed by atoms with Crippen molar-refractivity contribution in [2.45, 2.75) is 24.8 Å². The topological polar surface area (TPSA) is 66.4 Å². The minimum Gasteiger partial charge on any atom is -0.273 e. The Morgan fingerprint density at radius 1 is 1.45 bits per heavy atom. The highest BCUT2D eigenvalue weighted by Gasteiger charge is 2.46. The Balaban J connectivity index is 2.36. The third kappa shape index (κ3) is 2.68. The highest BCUT2D eigenvalue weighted by molar-refractivity contribution is 7.83. The molecular formula is C4H7F2NO3S. The number of alkyl halides is 2. The van der Waals surface area contributed by atoms with Gasteiger partial charge in [-0.05, 0) is 0 Å². The van der Waals surface area contributed by atoms with Crippen LogP contribution in [0.25, 0.3) is 0 Å². The van der Waals surface area contributed by atoms with Gasteiger partial charge in [-0.2, -0.15) is 13.1 Å². The summed E-state index contributed by atoms with van der Waals surface area (Å²) in [5.74, 6) is -2.78. The summed E-state index contributed by atoms with van der Waals surface area (Å²) in [7, 11) is -4.32. The number of hydrogen-bond acceptors (Lipinski definition) is 2. The van der Waals surface area contributed by atoms with Crippen LogP contribution >= 0.6 is 0 Å². The molecule has 0 spiro atoms. The Hall–Kier alpha value is -0.270. The molecule has 11 heavy (non-hydrogen) atoms. The lowest BCUT2D eigenvalue weighted by atomic mass is 9.89. The van der Waals surface area contributed by atoms with Crippen LogP contribution in [0.3, 0.4) is 0 Å². The quantitative estimate of drug-likeness (QED) is 0.606. The smallest absolute Gasteiger partial charge is 0.273 e. The maximum Gasteiger partial charge on any atom is 0.333 e. The highest BCUT2D eigenvalue weighted by Crippen LogP contribution is 2.37. The number of nitrogens with one attached hydrogen (secondary N) is 1. The summed E-state index contributed by atoms with van der Waals surface area (Å²) in [6.45, 7) is 0. The molecule has 0 atom stereocenters. The summed E-state index contributed by atoms with van der Waals surface area (Å²) in [6, 6.07) is -0.819. The molecule has 0 heterocycles. The first-order valence-electron chi connectivity index (χ1n) is 2.91. The summed E-state index contributed by atoms with van der Waals surface area (Å²) in [4.78, 5) is 0. The number of hydrogen-bond donors (Lipinski definition) is 2. The molecule has 0 unspecified atom stereocenters. The maximum absolute atomic E-state index is 12.0. The molecule has 0 saturated heterocycles. The first-order valence-corrected chi connectivity index (χ1v) is 4.35. The van der Waals surface area contributed by atoms with E-state index in [2.05, 4.69) is 0 Å². The van der Waals surface area contributed by atoms with E-state index in [1.54, 1.807) is 4.72 Å². The average Bonchev–Trinajstić information content (AvgIpc) is 1.53. The Morgan fingerprint density at radius 3 is 2.18 bits per heavy atom. The van der Waals surface area contributed by atoms with Gasteiger partial charge in [-0.3, -0.25) is 4.55 Å². The van der Waals surface area contributed by atoms with E-state index in [9.17, 15) is 17.2 Å². The molecule has 7 heteroatoms. The van der Waals surface area contributed by atoms with Crippen LogP contribution in [0.5, 0.6) is 0 Å². The molecule has 0 radical (unpaired) electrons. The first kappa shape index (κ1) is 8.82. The van der Waals surface area contributed by atoms with Gasteiger partial charge in [-0.1, -0.05) is 0 Å². The van der Waals surface area contributed by atoms with Crippen LogP contribution in [0.15, 0.2) is 0 Å². The molecular weight excluding hydrogens is 180 g/mol. The van der Waals surface area contributed by atoms with Crippen molar-refractivity contribution in [3.8, 4) is 0 Å². The van der Waals surface area contributed by atoms with Gasteiger partial charge in [0.25, 0.3) is 5.92 Å². The van der Waals surface area contributed by atoms with Gasteiger partial charge in [0.2, 0.25) is 0 Å². The van der Waals surface area contributed by atoms with E-state index in [-0.39, 0.29) is 0 Å². The molecule has 1 aliphatic carbocycles. The molecule has 66 valence electrons. The lowest BCUT2D eigenvalue weighted by Crippen LogP contribution is -2.50. The molecule has 0 aliphatic heterocycles. The second-order valence-corrected chi connectivity index (χ2v) is 3.74. The Labute approximate surface area is 62.5 Å². The van der Waals surface area contributed by atoms with Crippen molar-refractivity contribution in [2.24, 2.45) is 0 Å². The third-order valence-electron chi connectivity index (χ3n) is 1.41. The normalized spacial score (nSPS) is 24.6. The van der Waals surface area contributed by atoms with Crippen LogP contribution in [0.2, 0.25) is 0 Å². The lowest BCUT2D eigenvalue weighted by molar-refractivity contribution is -0.0879. The first-order chi connectivity index (χ1) is 4.79. The van der Waals surface area contributed by atoms with Crippen molar-refractivity contribution in [2.75, 3.05) is 0 Å². The summed E-state index contributed by atoms with van der Waals surface area (Å²) in [5.41, 5.74) is 0. The van der Waals surface area contributed by atoms with Crippen LogP contribution in [-0.2, 0) is 10.3 Å². The minimum absolute atomic E-state index is 0.535. The van der Waals surface area contributed by atoms with Gasteiger partial charge in [0.1, 0.15) is 0 Å². The van der Waals surface area contributed by atoms with Crippen LogP contribution < -0.4 is 4.72 Å². The molecule has 1 aliphatic rings. The van der Waals surface area contributed by atoms with Crippen molar-refractivity contribution >= 4 is 10.3 Å². The molecule has 1 saturated carbocycles. The van der Waals surface area contributed by atoms with E-state index >= 15 is 0 Å². The minimum atomic E-state index is -4.32. The van der Waals surface area contributed by atoms with E-state index in [4.69, 9.17) is 4.55 Å². The Morgan fingerprint density at radius 2 is 1.91 bits per heavy atom. The van der Waals surface area contributed by atoms with Gasteiger partial charge >= 0.3 is 10.3 Å². The molecule has 1 rings (SSSR count). The van der Waals surface area contributed by atoms with E-state index in [0.29, 0.717) is 0 Å². The number of halogens is 2. The summed E-state index contributed by atoms with van der Waals surface area (Å²) >= 11 is 0. The fourth-order valence-corrected chi connectivity index (χ4v) is 1.54. The molecule has 0 aromatic carbocycles. The molecule has 0 bridgehead atoms. The lowest BCUT2D eigenvalue weighted by Gasteiger charge is -2.34. The molecule has 4 nitrogen and oxygen atoms in total. The largest absolute Gasteiger partial charge is 0.333 e. The highest BCUT2D eigenvalue weighted by atomic mass is 32.2. The monoisotopic (exact) mass is 187 g/mol. The second kappa shape index (κ2) is 2.36. The number of rotatable bonds is 2. The molecule has 1 fully saturated rings. The van der Waals surface area contributed by atoms with Gasteiger partial charge < -0.3 is 0 Å². The van der Waals surface area contributed by atoms with Crippen molar-refractivity contribution in [1.29, 1.82) is 0 Å². The summed E-state index contributed by atoms with van der Waals surface area (Å²) < 4.78 is 54.0. The van der Waals surface area contributed by atoms with Crippen LogP contribution in [0.1, 0.15) is 12.8 Å². The zero-order valence-electron chi connectivity index (χ0n) is 5.42. The molecule has 0 amide bonds. The van der Waals surface area contributed by atoms with Crippen LogP contribution in [-0.4, -0.2) is 24.9 Å². The zero-order chi connectivity index (χ0) is 8.70. The van der Waals surface area contributed by atoms with Gasteiger partial charge in [0, 0.05) is 18.9 Å². The predicted octanol–water partition coefficient (Wildman–Crippen LogP) is 0.177. The fraction of sp³-hybridized carbons (Fsp3) is 1.00. The molecule has 0 aromatic rings. The van der Waals surface area contributed by atoms with Gasteiger partial charge in [0.05, 0.1) is 0 Å². The van der Waals surface area contributed by atoms with E-state index < -0.39 is 35.1 Å². The van der Waals surface area contributed by atoms with Crippen molar-refractivity contribution < 1.29 is 21.8 Å². The Kier molecular flexibility index (Phi) is 1.89. The van der Waals surface area contributed by atoms with E-state index in [1.165, 1.54) is 0 Å². The van der Waals surface area contributed by atoms with Crippen molar-refractivity contribution in [3.05, 3.63) is 0 Å². The van der Waals surface area contributed by atoms with Gasteiger partial charge in [0.15, 0.2) is 0 Å². The summed E-state index contributed by atoms with van der Waals surface area (Å²) in [5, 5.41) is 0. The van der Waals surface area contributed by atoms with Crippen LogP contribution in [0.4, 0.5) is 8.78 Å². The van der Waals surface area contributed by atoms with Gasteiger partial charge in [-0.15, -0.1) is 0 Å². The Bertz CT molecular complexity index is 242. The predicted molar refractivity (Wildman–Crippen MR) is 32.7 cm³/mol. The van der Waals surface area contributed by atoms with Crippen molar-refractivity contribution in [1.82, 2.24) is 4.72 Å². The fourth-order valence-electron chi connectivity index (χ4n) is 0.955. The standard InChI is InChI=1S/C4H7F2NO3S/c5-4(6)1-3(2-4)7-11(8,9)10/h3,7H,1-2H2,(H,8,9,10). The summed E-state index contributed by atoms with van der Waals surface area (Å²) in [6.07, 6.45) is -1.07. The van der Waals surface area contributed by atoms with Crippen molar-refractivity contribution in [3.63, 3.8) is 0 Å². The SMILES string of the molecule is O=S(=O)(O)NC1CC(F)(F)C1. The van der Waals surface area contributed by atoms with E-state index in [1.807, 2.05) is 0 Å². The second-order valence-electron chi connectivity index (χ2n) is 2.55. The molecule has 0 aromatic heterocycles. The average molecular weight is 187 g/mol. The van der Waals surface area contributed by atoms with Crippen LogP contribution in [0, 0.1) is 0 Å². The van der Waals surface area contributed by atoms with Gasteiger partial charge in [-0.25, -0.2) is 8.78 Å². The zero-order valence-corrected chi connectivity index (χ0v) is 6.24. The molecule has 2 N–H and O–H groups in total. The maximum atomic E-state index is 12.0. The van der Waals surface area contributed by atoms with E-state index in [0.717, 1.165) is 0 Å². The third-order valence-corrected chi connectivity index (χ3v) is 2.04.